The third-order valence-corrected chi connectivity index (χ3v) is 5.35. The Bertz CT molecular complexity index is 527. The van der Waals surface area contributed by atoms with E-state index in [1.807, 2.05) is 6.92 Å². The van der Waals surface area contributed by atoms with Gasteiger partial charge in [-0.05, 0) is 25.2 Å². The molecule has 0 rings (SSSR count). The molecule has 0 spiro atoms. The predicted octanol–water partition coefficient (Wildman–Crippen LogP) is 3.72. The van der Waals surface area contributed by atoms with E-state index in [4.69, 9.17) is 16.2 Å². The summed E-state index contributed by atoms with van der Waals surface area (Å²) in [5, 5.41) is 0. The molecule has 0 heterocycles. The number of carbonyl (C=O) groups excluding carboxylic acids is 1. The molecule has 0 aliphatic heterocycles. The molecule has 0 amide bonds. The van der Waals surface area contributed by atoms with Gasteiger partial charge in [-0.1, -0.05) is 13.3 Å². The van der Waals surface area contributed by atoms with Crippen LogP contribution in [0.2, 0.25) is 0 Å². The Balaban J connectivity index is 5.24. The third-order valence-electron chi connectivity index (χ3n) is 3.51. The lowest BCUT2D eigenvalue weighted by Crippen LogP contribution is -2.67. The van der Waals surface area contributed by atoms with Crippen molar-refractivity contribution in [1.29, 1.82) is 0 Å². The van der Waals surface area contributed by atoms with E-state index in [-0.39, 0.29) is 18.8 Å². The van der Waals surface area contributed by atoms with Gasteiger partial charge in [0, 0.05) is 5.88 Å². The van der Waals surface area contributed by atoms with Gasteiger partial charge >= 0.3 is 33.2 Å². The number of rotatable bonds is 9. The summed E-state index contributed by atoms with van der Waals surface area (Å²) in [6.45, 7) is 0.960. The molecular weight excluding hydrogens is 406 g/mol. The molecule has 0 radical (unpaired) electrons. The number of esters is 1. The molecule has 1 unspecified atom stereocenters. The zero-order chi connectivity index (χ0) is 20.1. The molecule has 0 bridgehead atoms. The second-order valence-electron chi connectivity index (χ2n) is 5.21. The second-order valence-corrected chi connectivity index (χ2v) is 7.08. The first-order valence-corrected chi connectivity index (χ1v) is 8.97. The summed E-state index contributed by atoms with van der Waals surface area (Å²) in [4.78, 5) is 11.4. The fraction of sp³-hybridized carbons (Fsp3) is 0.917. The number of ether oxygens (including phenoxy) is 1. The summed E-state index contributed by atoms with van der Waals surface area (Å²) in [6, 6.07) is 0. The maximum Gasteiger partial charge on any atom is 0.430 e. The Morgan fingerprint density at radius 1 is 1.12 bits per heavy atom. The lowest BCUT2D eigenvalue weighted by molar-refractivity contribution is -0.268. The van der Waals surface area contributed by atoms with E-state index in [9.17, 15) is 39.6 Å². The van der Waals surface area contributed by atoms with Gasteiger partial charge in [-0.15, -0.1) is 11.6 Å². The molecule has 13 heteroatoms. The average Bonchev–Trinajstić information content (AvgIpc) is 2.38. The largest absolute Gasteiger partial charge is 0.464 e. The number of halogens is 7. The molecular formula is C12H17ClF6O5S. The number of hydrogen-bond donors (Lipinski definition) is 1. The molecule has 1 N–H and O–H groups in total. The Labute approximate surface area is 145 Å². The van der Waals surface area contributed by atoms with Crippen LogP contribution < -0.4 is 0 Å². The van der Waals surface area contributed by atoms with Gasteiger partial charge in [-0.2, -0.15) is 34.8 Å². The van der Waals surface area contributed by atoms with Crippen molar-refractivity contribution in [2.75, 3.05) is 12.5 Å². The van der Waals surface area contributed by atoms with Gasteiger partial charge in [0.05, 0.1) is 6.61 Å². The van der Waals surface area contributed by atoms with E-state index in [0.29, 0.717) is 18.7 Å². The van der Waals surface area contributed by atoms with Gasteiger partial charge in [-0.3, -0.25) is 4.55 Å². The molecule has 0 saturated carbocycles. The van der Waals surface area contributed by atoms with Crippen LogP contribution in [0.5, 0.6) is 0 Å². The van der Waals surface area contributed by atoms with E-state index in [2.05, 4.69) is 4.74 Å². The molecule has 0 aliphatic rings. The standard InChI is InChI=1S/C12H17ClF6O5S/c1-2-8(7-13)5-3-4-6-24-9(20)10(11(14,15)16,12(17,18)19)25(21,22)23/h8H,2-7H2,1H3,(H,21,22,23). The van der Waals surface area contributed by atoms with E-state index in [1.54, 1.807) is 0 Å². The second kappa shape index (κ2) is 8.76. The highest BCUT2D eigenvalue weighted by atomic mass is 35.5. The van der Waals surface area contributed by atoms with Crippen LogP contribution in [0.3, 0.4) is 0 Å². The first-order chi connectivity index (χ1) is 11.2. The maximum atomic E-state index is 12.8. The molecule has 150 valence electrons. The molecule has 25 heavy (non-hydrogen) atoms. The molecule has 5 nitrogen and oxygen atoms in total. The molecule has 0 saturated heterocycles. The number of carbonyl (C=O) groups is 1. The lowest BCUT2D eigenvalue weighted by Gasteiger charge is -2.31. The minimum absolute atomic E-state index is 0.0830. The summed E-state index contributed by atoms with van der Waals surface area (Å²) in [7, 11) is -6.95. The lowest BCUT2D eigenvalue weighted by atomic mass is 10.0. The highest BCUT2D eigenvalue weighted by molar-refractivity contribution is 7.88. The highest BCUT2D eigenvalue weighted by Gasteiger charge is 2.84. The third kappa shape index (κ3) is 5.36. The van der Waals surface area contributed by atoms with Crippen LogP contribution in [-0.4, -0.2) is 48.5 Å². The normalized spacial score (nSPS) is 15.1. The first-order valence-electron chi connectivity index (χ1n) is 7.00. The molecule has 0 aromatic carbocycles. The quantitative estimate of drug-likeness (QED) is 0.201. The van der Waals surface area contributed by atoms with Crippen LogP contribution >= 0.6 is 11.6 Å². The average molecular weight is 423 g/mol. The topological polar surface area (TPSA) is 80.7 Å². The van der Waals surface area contributed by atoms with Crippen molar-refractivity contribution in [3.8, 4) is 0 Å². The van der Waals surface area contributed by atoms with Crippen LogP contribution in [0.15, 0.2) is 0 Å². The van der Waals surface area contributed by atoms with Crippen molar-refractivity contribution < 1.29 is 48.8 Å². The zero-order valence-electron chi connectivity index (χ0n) is 13.0. The Morgan fingerprint density at radius 2 is 1.60 bits per heavy atom. The van der Waals surface area contributed by atoms with E-state index >= 15 is 0 Å². The number of unbranched alkanes of at least 4 members (excludes halogenated alkanes) is 1. The van der Waals surface area contributed by atoms with E-state index < -0.39 is 39.8 Å². The van der Waals surface area contributed by atoms with Crippen molar-refractivity contribution in [2.45, 2.75) is 49.7 Å². The van der Waals surface area contributed by atoms with Crippen LogP contribution in [0.25, 0.3) is 0 Å². The van der Waals surface area contributed by atoms with Crippen molar-refractivity contribution in [3.05, 3.63) is 0 Å². The summed E-state index contributed by atoms with van der Waals surface area (Å²) in [6.07, 6.45) is -11.9. The van der Waals surface area contributed by atoms with E-state index in [1.165, 1.54) is 0 Å². The molecule has 0 aromatic rings. The Kier molecular flexibility index (Phi) is 8.50. The minimum atomic E-state index is -6.95. The van der Waals surface area contributed by atoms with E-state index in [0.717, 1.165) is 0 Å². The van der Waals surface area contributed by atoms with Crippen molar-refractivity contribution in [3.63, 3.8) is 0 Å². The van der Waals surface area contributed by atoms with Gasteiger partial charge < -0.3 is 4.74 Å². The summed E-state index contributed by atoms with van der Waals surface area (Å²) < 4.78 is 105. The number of hydrogen-bond acceptors (Lipinski definition) is 4. The zero-order valence-corrected chi connectivity index (χ0v) is 14.5. The van der Waals surface area contributed by atoms with Gasteiger partial charge in [0.2, 0.25) is 0 Å². The smallest absolute Gasteiger partial charge is 0.430 e. The number of alkyl halides is 7. The predicted molar refractivity (Wildman–Crippen MR) is 75.7 cm³/mol. The monoisotopic (exact) mass is 422 g/mol. The van der Waals surface area contributed by atoms with Gasteiger partial charge in [0.25, 0.3) is 0 Å². The van der Waals surface area contributed by atoms with Crippen LogP contribution in [0, 0.1) is 5.92 Å². The summed E-state index contributed by atoms with van der Waals surface area (Å²) in [5.41, 5.74) is 0. The van der Waals surface area contributed by atoms with Crippen molar-refractivity contribution >= 4 is 27.7 Å². The van der Waals surface area contributed by atoms with Crippen LogP contribution in [0.4, 0.5) is 26.3 Å². The van der Waals surface area contributed by atoms with Crippen LogP contribution in [0.1, 0.15) is 32.6 Å². The molecule has 0 aliphatic carbocycles. The van der Waals surface area contributed by atoms with Gasteiger partial charge in [0.1, 0.15) is 0 Å². The van der Waals surface area contributed by atoms with Gasteiger partial charge in [0.15, 0.2) is 0 Å². The van der Waals surface area contributed by atoms with Gasteiger partial charge in [-0.25, -0.2) is 4.79 Å². The van der Waals surface area contributed by atoms with Crippen molar-refractivity contribution in [1.82, 2.24) is 0 Å². The van der Waals surface area contributed by atoms with Crippen LogP contribution in [-0.2, 0) is 19.6 Å². The first kappa shape index (κ1) is 24.2. The summed E-state index contributed by atoms with van der Waals surface area (Å²) in [5.74, 6) is -2.75. The maximum absolute atomic E-state index is 12.8. The Morgan fingerprint density at radius 3 is 1.92 bits per heavy atom. The fourth-order valence-corrected chi connectivity index (χ4v) is 3.21. The van der Waals surface area contributed by atoms with Crippen molar-refractivity contribution in [2.24, 2.45) is 5.92 Å². The molecule has 0 aromatic heterocycles. The SMILES string of the molecule is CCC(CCl)CCCCOC(=O)C(C(F)(F)F)(C(F)(F)F)S(=O)(=O)O. The summed E-state index contributed by atoms with van der Waals surface area (Å²) >= 11 is 5.61. The Hall–Kier alpha value is -0.750. The fourth-order valence-electron chi connectivity index (χ4n) is 1.98. The molecule has 0 fully saturated rings. The molecule has 1 atom stereocenters. The highest BCUT2D eigenvalue weighted by Crippen LogP contribution is 2.49. The minimum Gasteiger partial charge on any atom is -0.464 e.